The minimum atomic E-state index is -0.229. The molecule has 4 nitrogen and oxygen atoms in total. The number of halogens is 1. The molecule has 0 unspecified atom stereocenters. The van der Waals surface area contributed by atoms with Gasteiger partial charge in [-0.3, -0.25) is 0 Å². The van der Waals surface area contributed by atoms with Gasteiger partial charge in [0.15, 0.2) is 0 Å². The Morgan fingerprint density at radius 3 is 2.71 bits per heavy atom. The monoisotopic (exact) mass is 282 g/mol. The van der Waals surface area contributed by atoms with Crippen LogP contribution in [0.25, 0.3) is 5.69 Å². The average Bonchev–Trinajstić information content (AvgIpc) is 2.96. The van der Waals surface area contributed by atoms with E-state index in [1.165, 1.54) is 12.1 Å². The van der Waals surface area contributed by atoms with Crippen molar-refractivity contribution in [1.82, 2.24) is 15.0 Å². The highest BCUT2D eigenvalue weighted by atomic mass is 19.1. The van der Waals surface area contributed by atoms with E-state index in [-0.39, 0.29) is 5.82 Å². The van der Waals surface area contributed by atoms with Crippen LogP contribution in [0.5, 0.6) is 0 Å². The maximum atomic E-state index is 13.0. The molecule has 2 aromatic carbocycles. The van der Waals surface area contributed by atoms with Gasteiger partial charge in [0.2, 0.25) is 0 Å². The normalized spacial score (nSPS) is 10.6. The third-order valence-corrected chi connectivity index (χ3v) is 3.17. The van der Waals surface area contributed by atoms with Gasteiger partial charge in [0.05, 0.1) is 18.4 Å². The molecule has 0 aliphatic rings. The zero-order valence-electron chi connectivity index (χ0n) is 11.6. The lowest BCUT2D eigenvalue weighted by atomic mass is 10.2. The summed E-state index contributed by atoms with van der Waals surface area (Å²) in [4.78, 5) is 1.59. The van der Waals surface area contributed by atoms with Gasteiger partial charge in [-0.2, -0.15) is 15.0 Å². The summed E-state index contributed by atoms with van der Waals surface area (Å²) in [5.74, 6) is -0.229. The highest BCUT2D eigenvalue weighted by Crippen LogP contribution is 2.16. The van der Waals surface area contributed by atoms with Crippen molar-refractivity contribution in [3.63, 3.8) is 0 Å². The summed E-state index contributed by atoms with van der Waals surface area (Å²) in [5, 5.41) is 11.9. The Bertz CT molecular complexity index is 737. The summed E-state index contributed by atoms with van der Waals surface area (Å²) in [6.45, 7) is 2.41. The second-order valence-corrected chi connectivity index (χ2v) is 4.77. The predicted molar refractivity (Wildman–Crippen MR) is 79.8 cm³/mol. The third-order valence-electron chi connectivity index (χ3n) is 3.17. The molecule has 0 amide bonds. The molecule has 0 aliphatic carbocycles. The van der Waals surface area contributed by atoms with E-state index < -0.39 is 0 Å². The first-order chi connectivity index (χ1) is 10.2. The van der Waals surface area contributed by atoms with Crippen LogP contribution in [0, 0.1) is 12.7 Å². The molecule has 5 heteroatoms. The molecule has 0 fully saturated rings. The highest BCUT2D eigenvalue weighted by molar-refractivity contribution is 5.50. The number of hydrogen-bond acceptors (Lipinski definition) is 3. The maximum Gasteiger partial charge on any atom is 0.123 e. The largest absolute Gasteiger partial charge is 0.379 e. The second-order valence-electron chi connectivity index (χ2n) is 4.77. The Kier molecular flexibility index (Phi) is 3.64. The van der Waals surface area contributed by atoms with E-state index in [2.05, 4.69) is 15.5 Å². The molecule has 0 atom stereocenters. The van der Waals surface area contributed by atoms with Crippen molar-refractivity contribution in [2.24, 2.45) is 0 Å². The molecule has 3 rings (SSSR count). The van der Waals surface area contributed by atoms with Crippen molar-refractivity contribution in [2.75, 3.05) is 5.32 Å². The van der Waals surface area contributed by atoms with Gasteiger partial charge >= 0.3 is 0 Å². The fourth-order valence-electron chi connectivity index (χ4n) is 2.07. The Morgan fingerprint density at radius 2 is 1.95 bits per heavy atom. The number of aryl methyl sites for hydroxylation is 1. The van der Waals surface area contributed by atoms with Crippen LogP contribution in [-0.4, -0.2) is 15.0 Å². The van der Waals surface area contributed by atoms with Crippen LogP contribution in [0.15, 0.2) is 54.7 Å². The number of nitrogens with zero attached hydrogens (tertiary/aromatic N) is 3. The van der Waals surface area contributed by atoms with Crippen LogP contribution in [0.3, 0.4) is 0 Å². The molecule has 0 bridgehead atoms. The van der Waals surface area contributed by atoms with E-state index in [9.17, 15) is 4.39 Å². The predicted octanol–water partition coefficient (Wildman–Crippen LogP) is 3.33. The van der Waals surface area contributed by atoms with Gasteiger partial charge in [0, 0.05) is 5.69 Å². The molecule has 0 radical (unpaired) electrons. The molecule has 0 saturated heterocycles. The summed E-state index contributed by atoms with van der Waals surface area (Å²) < 4.78 is 13.0. The molecule has 106 valence electrons. The van der Waals surface area contributed by atoms with Crippen molar-refractivity contribution in [3.8, 4) is 5.69 Å². The number of hydrogen-bond donors (Lipinski definition) is 1. The van der Waals surface area contributed by atoms with Crippen molar-refractivity contribution >= 4 is 5.69 Å². The quantitative estimate of drug-likeness (QED) is 0.798. The first-order valence-corrected chi connectivity index (χ1v) is 6.69. The summed E-state index contributed by atoms with van der Waals surface area (Å²) in [5.41, 5.74) is 3.50. The van der Waals surface area contributed by atoms with E-state index in [1.54, 1.807) is 17.1 Å². The average molecular weight is 282 g/mol. The molecule has 1 N–H and O–H groups in total. The van der Waals surface area contributed by atoms with Crippen LogP contribution >= 0.6 is 0 Å². The number of para-hydroxylation sites is 1. The molecule has 1 aromatic heterocycles. The van der Waals surface area contributed by atoms with Crippen LogP contribution < -0.4 is 5.32 Å². The Morgan fingerprint density at radius 1 is 1.14 bits per heavy atom. The number of benzene rings is 2. The fourth-order valence-corrected chi connectivity index (χ4v) is 2.07. The topological polar surface area (TPSA) is 42.7 Å². The lowest BCUT2D eigenvalue weighted by Crippen LogP contribution is -2.03. The van der Waals surface area contributed by atoms with E-state index in [0.29, 0.717) is 6.54 Å². The molecule has 0 aliphatic heterocycles. The molecular formula is C16H15FN4. The number of nitrogens with one attached hydrogen (secondary N) is 1. The minimum absolute atomic E-state index is 0.229. The van der Waals surface area contributed by atoms with Gasteiger partial charge < -0.3 is 5.32 Å². The molecular weight excluding hydrogens is 267 g/mol. The molecule has 0 spiro atoms. The molecule has 3 aromatic rings. The van der Waals surface area contributed by atoms with E-state index in [0.717, 1.165) is 22.6 Å². The summed E-state index contributed by atoms with van der Waals surface area (Å²) in [6, 6.07) is 14.4. The van der Waals surface area contributed by atoms with Crippen LogP contribution in [0.1, 0.15) is 11.3 Å². The fraction of sp³-hybridized carbons (Fsp3) is 0.125. The van der Waals surface area contributed by atoms with Gasteiger partial charge in [0.1, 0.15) is 11.5 Å². The Balaban J connectivity index is 1.70. The van der Waals surface area contributed by atoms with Crippen LogP contribution in [0.4, 0.5) is 10.1 Å². The summed E-state index contributed by atoms with van der Waals surface area (Å²) in [6.07, 6.45) is 1.72. The molecule has 0 saturated carbocycles. The van der Waals surface area contributed by atoms with Crippen LogP contribution in [0.2, 0.25) is 0 Å². The van der Waals surface area contributed by atoms with Gasteiger partial charge in [-0.1, -0.05) is 18.2 Å². The summed E-state index contributed by atoms with van der Waals surface area (Å²) >= 11 is 0. The smallest absolute Gasteiger partial charge is 0.123 e. The van der Waals surface area contributed by atoms with Crippen molar-refractivity contribution < 1.29 is 4.39 Å². The number of rotatable bonds is 4. The zero-order valence-corrected chi connectivity index (χ0v) is 11.6. The first-order valence-electron chi connectivity index (χ1n) is 6.69. The highest BCUT2D eigenvalue weighted by Gasteiger charge is 2.04. The Labute approximate surface area is 122 Å². The second kappa shape index (κ2) is 5.75. The SMILES string of the molecule is Cc1cc(F)ccc1NCc1cnn(-c2ccccc2)n1. The molecule has 21 heavy (non-hydrogen) atoms. The molecule has 1 heterocycles. The number of anilines is 1. The van der Waals surface area contributed by atoms with Gasteiger partial charge in [-0.25, -0.2) is 4.39 Å². The standard InChI is InChI=1S/C16H15FN4/c1-12-9-13(17)7-8-16(12)18-10-14-11-19-21(20-14)15-5-3-2-4-6-15/h2-9,11,18H,10H2,1H3. The van der Waals surface area contributed by atoms with Gasteiger partial charge in [-0.05, 0) is 42.8 Å². The minimum Gasteiger partial charge on any atom is -0.379 e. The van der Waals surface area contributed by atoms with Gasteiger partial charge in [-0.15, -0.1) is 0 Å². The summed E-state index contributed by atoms with van der Waals surface area (Å²) in [7, 11) is 0. The van der Waals surface area contributed by atoms with Crippen molar-refractivity contribution in [3.05, 3.63) is 71.8 Å². The maximum absolute atomic E-state index is 13.0. The van der Waals surface area contributed by atoms with Gasteiger partial charge in [0.25, 0.3) is 0 Å². The number of aromatic nitrogens is 3. The Hall–Kier alpha value is -2.69. The van der Waals surface area contributed by atoms with Crippen molar-refractivity contribution in [1.29, 1.82) is 0 Å². The van der Waals surface area contributed by atoms with Crippen LogP contribution in [-0.2, 0) is 6.54 Å². The van der Waals surface area contributed by atoms with E-state index in [1.807, 2.05) is 37.3 Å². The third kappa shape index (κ3) is 3.08. The van der Waals surface area contributed by atoms with Crippen molar-refractivity contribution in [2.45, 2.75) is 13.5 Å². The lowest BCUT2D eigenvalue weighted by molar-refractivity contribution is 0.627. The van der Waals surface area contributed by atoms with E-state index >= 15 is 0 Å². The zero-order chi connectivity index (χ0) is 14.7. The lowest BCUT2D eigenvalue weighted by Gasteiger charge is -2.07. The van der Waals surface area contributed by atoms with E-state index in [4.69, 9.17) is 0 Å². The first kappa shape index (κ1) is 13.3.